The lowest BCUT2D eigenvalue weighted by Gasteiger charge is -2.14. The van der Waals surface area contributed by atoms with E-state index in [1.54, 1.807) is 49.6 Å². The van der Waals surface area contributed by atoms with Gasteiger partial charge < -0.3 is 24.8 Å². The van der Waals surface area contributed by atoms with Gasteiger partial charge in [-0.2, -0.15) is 0 Å². The maximum atomic E-state index is 13.5. The molecule has 0 saturated carbocycles. The van der Waals surface area contributed by atoms with Crippen LogP contribution < -0.4 is 16.0 Å². The Labute approximate surface area is 190 Å². The summed E-state index contributed by atoms with van der Waals surface area (Å²) in [5.41, 5.74) is 2.62. The maximum Gasteiger partial charge on any atom is 0.315 e. The van der Waals surface area contributed by atoms with Gasteiger partial charge in [-0.3, -0.25) is 4.79 Å². The van der Waals surface area contributed by atoms with Gasteiger partial charge in [-0.15, -0.1) is 0 Å². The molecule has 1 unspecified atom stereocenters. The molecule has 33 heavy (non-hydrogen) atoms. The zero-order valence-corrected chi connectivity index (χ0v) is 18.3. The molecular weight excluding hydrogens is 425 g/mol. The van der Waals surface area contributed by atoms with E-state index in [0.717, 1.165) is 11.1 Å². The van der Waals surface area contributed by atoms with Crippen LogP contribution >= 0.6 is 0 Å². The van der Waals surface area contributed by atoms with Crippen LogP contribution in [0.25, 0.3) is 11.0 Å². The van der Waals surface area contributed by atoms with Crippen LogP contribution in [0.3, 0.4) is 0 Å². The standard InChI is InChI=1S/C25H24FN3O4/c1-15-21-12-19(26)8-9-22(21)33-23(15)16(2)29-25(31)28-13-17-5-3-6-18(11-17)24(30)27-14-20-7-4-10-32-20/h3-12,16H,13-14H2,1-2H3,(H,27,30)(H2,28,29,31). The minimum absolute atomic E-state index is 0.233. The molecule has 0 aliphatic carbocycles. The molecule has 0 bridgehead atoms. The van der Waals surface area contributed by atoms with Crippen molar-refractivity contribution in [2.45, 2.75) is 33.0 Å². The predicted octanol–water partition coefficient (Wildman–Crippen LogP) is 4.96. The Balaban J connectivity index is 1.33. The summed E-state index contributed by atoms with van der Waals surface area (Å²) in [6.45, 7) is 4.16. The Bertz CT molecular complexity index is 1280. The van der Waals surface area contributed by atoms with Crippen LogP contribution in [0, 0.1) is 12.7 Å². The first kappa shape index (κ1) is 22.1. The number of furan rings is 2. The van der Waals surface area contributed by atoms with Crippen LogP contribution in [-0.2, 0) is 13.1 Å². The highest BCUT2D eigenvalue weighted by atomic mass is 19.1. The van der Waals surface area contributed by atoms with E-state index in [1.165, 1.54) is 12.1 Å². The molecule has 0 radical (unpaired) electrons. The number of carbonyl (C=O) groups is 2. The van der Waals surface area contributed by atoms with Crippen LogP contribution in [-0.4, -0.2) is 11.9 Å². The normalized spacial score (nSPS) is 11.8. The zero-order chi connectivity index (χ0) is 23.4. The first-order valence-corrected chi connectivity index (χ1v) is 10.5. The second kappa shape index (κ2) is 9.60. The number of urea groups is 1. The molecule has 1 atom stereocenters. The summed E-state index contributed by atoms with van der Waals surface area (Å²) in [7, 11) is 0. The van der Waals surface area contributed by atoms with Crippen LogP contribution in [0.15, 0.2) is 69.7 Å². The maximum absolute atomic E-state index is 13.5. The van der Waals surface area contributed by atoms with E-state index in [1.807, 2.05) is 13.0 Å². The first-order valence-electron chi connectivity index (χ1n) is 10.5. The average molecular weight is 449 g/mol. The number of hydrogen-bond acceptors (Lipinski definition) is 4. The van der Waals surface area contributed by atoms with Crippen molar-refractivity contribution in [1.82, 2.24) is 16.0 Å². The van der Waals surface area contributed by atoms with E-state index in [-0.39, 0.29) is 24.3 Å². The van der Waals surface area contributed by atoms with Crippen molar-refractivity contribution in [3.63, 3.8) is 0 Å². The third kappa shape index (κ3) is 5.23. The van der Waals surface area contributed by atoms with Crippen molar-refractivity contribution in [1.29, 1.82) is 0 Å². The van der Waals surface area contributed by atoms with Gasteiger partial charge in [-0.05, 0) is 61.9 Å². The number of aryl methyl sites for hydroxylation is 1. The molecule has 3 N–H and O–H groups in total. The molecule has 170 valence electrons. The lowest BCUT2D eigenvalue weighted by atomic mass is 10.1. The third-order valence-corrected chi connectivity index (χ3v) is 5.32. The molecule has 4 aromatic rings. The number of rotatable bonds is 7. The molecule has 0 spiro atoms. The first-order chi connectivity index (χ1) is 15.9. The molecule has 2 aromatic carbocycles. The number of hydrogen-bond donors (Lipinski definition) is 3. The van der Waals surface area contributed by atoms with Crippen LogP contribution in [0.5, 0.6) is 0 Å². The number of carbonyl (C=O) groups excluding carboxylic acids is 2. The molecule has 0 fully saturated rings. The van der Waals surface area contributed by atoms with Crippen molar-refractivity contribution >= 4 is 22.9 Å². The van der Waals surface area contributed by atoms with Crippen molar-refractivity contribution in [3.05, 3.63) is 94.9 Å². The third-order valence-electron chi connectivity index (χ3n) is 5.32. The minimum Gasteiger partial charge on any atom is -0.467 e. The van der Waals surface area contributed by atoms with Crippen LogP contribution in [0.4, 0.5) is 9.18 Å². The van der Waals surface area contributed by atoms with Gasteiger partial charge in [-0.1, -0.05) is 12.1 Å². The second-order valence-corrected chi connectivity index (χ2v) is 7.74. The number of amides is 3. The molecule has 7 nitrogen and oxygen atoms in total. The topological polar surface area (TPSA) is 96.5 Å². The lowest BCUT2D eigenvalue weighted by molar-refractivity contribution is 0.0948. The number of nitrogens with one attached hydrogen (secondary N) is 3. The Hall–Kier alpha value is -4.07. The molecule has 2 heterocycles. The minimum atomic E-state index is -0.417. The van der Waals surface area contributed by atoms with Crippen LogP contribution in [0.1, 0.15) is 46.0 Å². The van der Waals surface area contributed by atoms with Crippen LogP contribution in [0.2, 0.25) is 0 Å². The van der Waals surface area contributed by atoms with Gasteiger partial charge >= 0.3 is 6.03 Å². The van der Waals surface area contributed by atoms with Gasteiger partial charge in [0, 0.05) is 23.1 Å². The molecule has 3 amide bonds. The average Bonchev–Trinajstić information content (AvgIpc) is 3.44. The summed E-state index contributed by atoms with van der Waals surface area (Å²) in [5.74, 6) is 0.661. The number of fused-ring (bicyclic) bond motifs is 1. The van der Waals surface area contributed by atoms with Gasteiger partial charge in [0.25, 0.3) is 5.91 Å². The van der Waals surface area contributed by atoms with Crippen molar-refractivity contribution in [3.8, 4) is 0 Å². The highest BCUT2D eigenvalue weighted by Crippen LogP contribution is 2.29. The summed E-state index contributed by atoms with van der Waals surface area (Å²) in [4.78, 5) is 24.8. The SMILES string of the molecule is Cc1c(C(C)NC(=O)NCc2cccc(C(=O)NCc3ccco3)c2)oc2ccc(F)cc12. The van der Waals surface area contributed by atoms with Gasteiger partial charge in [-0.25, -0.2) is 9.18 Å². The van der Waals surface area contributed by atoms with Gasteiger partial charge in [0.05, 0.1) is 18.8 Å². The van der Waals surface area contributed by atoms with Gasteiger partial charge in [0.1, 0.15) is 22.9 Å². The Kier molecular flexibility index (Phi) is 6.44. The van der Waals surface area contributed by atoms with Crippen molar-refractivity contribution in [2.75, 3.05) is 0 Å². The molecule has 0 saturated heterocycles. The summed E-state index contributed by atoms with van der Waals surface area (Å²) in [6.07, 6.45) is 1.55. The monoisotopic (exact) mass is 449 g/mol. The summed E-state index contributed by atoms with van der Waals surface area (Å²) >= 11 is 0. The fourth-order valence-corrected chi connectivity index (χ4v) is 3.63. The quantitative estimate of drug-likeness (QED) is 0.371. The van der Waals surface area contributed by atoms with E-state index >= 15 is 0 Å². The van der Waals surface area contributed by atoms with Gasteiger partial charge in [0.15, 0.2) is 0 Å². The van der Waals surface area contributed by atoms with E-state index < -0.39 is 6.04 Å². The number of benzene rings is 2. The van der Waals surface area contributed by atoms with Gasteiger partial charge in [0.2, 0.25) is 0 Å². The molecule has 0 aliphatic heterocycles. The van der Waals surface area contributed by atoms with E-state index in [9.17, 15) is 14.0 Å². The smallest absolute Gasteiger partial charge is 0.315 e. The molecule has 8 heteroatoms. The van der Waals surface area contributed by atoms with E-state index in [4.69, 9.17) is 8.83 Å². The van der Waals surface area contributed by atoms with Crippen molar-refractivity contribution < 1.29 is 22.8 Å². The highest BCUT2D eigenvalue weighted by molar-refractivity contribution is 5.94. The second-order valence-electron chi connectivity index (χ2n) is 7.74. The molecule has 0 aliphatic rings. The summed E-state index contributed by atoms with van der Waals surface area (Å²) < 4.78 is 24.6. The fraction of sp³-hybridized carbons (Fsp3) is 0.200. The Morgan fingerprint density at radius 1 is 1.03 bits per heavy atom. The highest BCUT2D eigenvalue weighted by Gasteiger charge is 2.19. The Morgan fingerprint density at radius 3 is 2.67 bits per heavy atom. The fourth-order valence-electron chi connectivity index (χ4n) is 3.63. The van der Waals surface area contributed by atoms with Crippen molar-refractivity contribution in [2.24, 2.45) is 0 Å². The van der Waals surface area contributed by atoms with E-state index in [0.29, 0.717) is 34.6 Å². The molecular formula is C25H24FN3O4. The Morgan fingerprint density at radius 2 is 1.88 bits per heavy atom. The predicted molar refractivity (Wildman–Crippen MR) is 121 cm³/mol. The van der Waals surface area contributed by atoms with E-state index in [2.05, 4.69) is 16.0 Å². The summed E-state index contributed by atoms with van der Waals surface area (Å²) in [5, 5.41) is 9.09. The lowest BCUT2D eigenvalue weighted by Crippen LogP contribution is -2.36. The largest absolute Gasteiger partial charge is 0.467 e. The molecule has 4 rings (SSSR count). The zero-order valence-electron chi connectivity index (χ0n) is 18.3. The molecule has 2 aromatic heterocycles. The summed E-state index contributed by atoms with van der Waals surface area (Å²) in [6, 6.07) is 14.1. The number of halogens is 1.